The maximum absolute atomic E-state index is 13.7. The summed E-state index contributed by atoms with van der Waals surface area (Å²) in [7, 11) is -2.91. The Kier molecular flexibility index (Phi) is 5.57. The number of ether oxygens (including phenoxy) is 1. The fourth-order valence-corrected chi connectivity index (χ4v) is 2.73. The molecule has 0 bridgehead atoms. The normalized spacial score (nSPS) is 13.2. The van der Waals surface area contributed by atoms with Crippen molar-refractivity contribution in [2.75, 3.05) is 20.3 Å². The molecule has 1 rings (SSSR count). The monoisotopic (exact) mass is 307 g/mol. The first kappa shape index (κ1) is 16.5. The molecule has 0 spiro atoms. The molecule has 0 aliphatic heterocycles. The van der Waals surface area contributed by atoms with E-state index in [0.29, 0.717) is 6.07 Å². The fraction of sp³-hybridized carbons (Fsp3) is 0.364. The second-order valence-corrected chi connectivity index (χ2v) is 5.59. The molecule has 1 aromatic rings. The van der Waals surface area contributed by atoms with E-state index in [1.807, 2.05) is 0 Å². The number of nitrogens with one attached hydrogen (secondary N) is 1. The number of rotatable bonds is 7. The van der Waals surface area contributed by atoms with Gasteiger partial charge in [0.25, 0.3) is 0 Å². The summed E-state index contributed by atoms with van der Waals surface area (Å²) >= 11 is 0. The number of benzene rings is 1. The van der Waals surface area contributed by atoms with Gasteiger partial charge in [-0.3, -0.25) is 0 Å². The Morgan fingerprint density at radius 2 is 2.15 bits per heavy atom. The molecular formula is C11H14FNO6S. The molecule has 0 heterocycles. The zero-order valence-electron chi connectivity index (χ0n) is 10.5. The van der Waals surface area contributed by atoms with Crippen LogP contribution in [0.3, 0.4) is 0 Å². The van der Waals surface area contributed by atoms with Gasteiger partial charge in [-0.05, 0) is 18.2 Å². The van der Waals surface area contributed by atoms with Crippen LogP contribution in [-0.4, -0.2) is 51.0 Å². The van der Waals surface area contributed by atoms with Gasteiger partial charge in [0.05, 0.1) is 24.8 Å². The van der Waals surface area contributed by atoms with Gasteiger partial charge < -0.3 is 14.9 Å². The van der Waals surface area contributed by atoms with E-state index in [1.54, 1.807) is 0 Å². The molecule has 1 unspecified atom stereocenters. The van der Waals surface area contributed by atoms with E-state index in [2.05, 4.69) is 4.72 Å². The van der Waals surface area contributed by atoms with Crippen LogP contribution >= 0.6 is 0 Å². The second-order valence-electron chi connectivity index (χ2n) is 3.91. The minimum Gasteiger partial charge on any atom is -0.478 e. The minimum absolute atomic E-state index is 0.0927. The summed E-state index contributed by atoms with van der Waals surface area (Å²) in [6.45, 7) is -0.619. The Labute approximate surface area is 115 Å². The lowest BCUT2D eigenvalue weighted by Crippen LogP contribution is -2.40. The van der Waals surface area contributed by atoms with Gasteiger partial charge in [0.1, 0.15) is 10.7 Å². The number of aliphatic hydroxyl groups excluding tert-OH is 1. The van der Waals surface area contributed by atoms with E-state index in [1.165, 1.54) is 7.11 Å². The van der Waals surface area contributed by atoms with Crippen molar-refractivity contribution >= 4 is 16.0 Å². The van der Waals surface area contributed by atoms with E-state index in [-0.39, 0.29) is 12.2 Å². The highest BCUT2D eigenvalue weighted by molar-refractivity contribution is 7.89. The topological polar surface area (TPSA) is 113 Å². The summed E-state index contributed by atoms with van der Waals surface area (Å²) in [5, 5.41) is 17.7. The van der Waals surface area contributed by atoms with Crippen LogP contribution in [0.1, 0.15) is 10.4 Å². The lowest BCUT2D eigenvalue weighted by Gasteiger charge is -2.15. The van der Waals surface area contributed by atoms with Crippen molar-refractivity contribution in [3.05, 3.63) is 29.6 Å². The summed E-state index contributed by atoms with van der Waals surface area (Å²) < 4.78 is 44.3. The summed E-state index contributed by atoms with van der Waals surface area (Å²) in [4.78, 5) is 9.94. The molecule has 0 aliphatic rings. The van der Waals surface area contributed by atoms with Crippen molar-refractivity contribution < 1.29 is 32.6 Å². The molecule has 0 radical (unpaired) electrons. The number of carboxylic acids is 1. The van der Waals surface area contributed by atoms with E-state index in [0.717, 1.165) is 12.1 Å². The third-order valence-corrected chi connectivity index (χ3v) is 3.93. The van der Waals surface area contributed by atoms with E-state index >= 15 is 0 Å². The number of carbonyl (C=O) groups is 1. The van der Waals surface area contributed by atoms with Gasteiger partial charge in [-0.25, -0.2) is 22.3 Å². The van der Waals surface area contributed by atoms with Gasteiger partial charge in [0.2, 0.25) is 10.0 Å². The maximum Gasteiger partial charge on any atom is 0.335 e. The summed E-state index contributed by atoms with van der Waals surface area (Å²) in [6, 6.07) is 1.51. The molecule has 112 valence electrons. The molecule has 0 fully saturated rings. The molecular weight excluding hydrogens is 293 g/mol. The minimum atomic E-state index is -4.22. The highest BCUT2D eigenvalue weighted by Gasteiger charge is 2.23. The molecule has 7 nitrogen and oxygen atoms in total. The molecule has 0 amide bonds. The first-order valence-corrected chi connectivity index (χ1v) is 6.95. The zero-order valence-corrected chi connectivity index (χ0v) is 11.4. The highest BCUT2D eigenvalue weighted by Crippen LogP contribution is 2.16. The third kappa shape index (κ3) is 3.97. The standard InChI is InChI=1S/C11H14FNO6S/c1-19-6-8(5-14)13-20(17,18)10-3-2-7(11(15)16)4-9(10)12/h2-4,8,13-14H,5-6H2,1H3,(H,15,16). The molecule has 1 aromatic carbocycles. The second kappa shape index (κ2) is 6.75. The highest BCUT2D eigenvalue weighted by atomic mass is 32.2. The first-order chi connectivity index (χ1) is 9.31. The summed E-state index contributed by atoms with van der Waals surface area (Å²) in [5.41, 5.74) is -0.364. The van der Waals surface area contributed by atoms with Crippen LogP contribution in [0.4, 0.5) is 4.39 Å². The molecule has 0 aliphatic carbocycles. The molecule has 0 aromatic heterocycles. The Morgan fingerprint density at radius 3 is 2.60 bits per heavy atom. The van der Waals surface area contributed by atoms with Crippen molar-refractivity contribution in [1.29, 1.82) is 0 Å². The smallest absolute Gasteiger partial charge is 0.335 e. The number of halogens is 1. The molecule has 0 saturated heterocycles. The van der Waals surface area contributed by atoms with Crippen molar-refractivity contribution in [2.24, 2.45) is 0 Å². The van der Waals surface area contributed by atoms with Gasteiger partial charge in [-0.1, -0.05) is 0 Å². The predicted octanol–water partition coefficient (Wildman–Crippen LogP) is -0.190. The predicted molar refractivity (Wildman–Crippen MR) is 66.4 cm³/mol. The van der Waals surface area contributed by atoms with E-state index < -0.39 is 39.4 Å². The lowest BCUT2D eigenvalue weighted by atomic mass is 10.2. The Hall–Kier alpha value is -1.55. The van der Waals surface area contributed by atoms with Gasteiger partial charge in [0.15, 0.2) is 0 Å². The van der Waals surface area contributed by atoms with Crippen LogP contribution in [0.5, 0.6) is 0 Å². The van der Waals surface area contributed by atoms with E-state index in [9.17, 15) is 17.6 Å². The molecule has 9 heteroatoms. The fourth-order valence-electron chi connectivity index (χ4n) is 1.46. The average Bonchev–Trinajstić information content (AvgIpc) is 2.37. The van der Waals surface area contributed by atoms with Gasteiger partial charge >= 0.3 is 5.97 Å². The number of aromatic carboxylic acids is 1. The maximum atomic E-state index is 13.7. The lowest BCUT2D eigenvalue weighted by molar-refractivity contribution is 0.0696. The molecule has 3 N–H and O–H groups in total. The van der Waals surface area contributed by atoms with Crippen LogP contribution in [0.15, 0.2) is 23.1 Å². The van der Waals surface area contributed by atoms with Crippen LogP contribution in [0.2, 0.25) is 0 Å². The SMILES string of the molecule is COCC(CO)NS(=O)(=O)c1ccc(C(=O)O)cc1F. The van der Waals surface area contributed by atoms with E-state index in [4.69, 9.17) is 14.9 Å². The number of methoxy groups -OCH3 is 1. The van der Waals surface area contributed by atoms with Gasteiger partial charge in [-0.15, -0.1) is 0 Å². The summed E-state index contributed by atoms with van der Waals surface area (Å²) in [5.74, 6) is -2.56. The molecule has 20 heavy (non-hydrogen) atoms. The molecule has 1 atom stereocenters. The Bertz CT molecular complexity index is 589. The molecule has 0 saturated carbocycles. The Balaban J connectivity index is 3.06. The third-order valence-electron chi connectivity index (χ3n) is 2.38. The van der Waals surface area contributed by atoms with Crippen molar-refractivity contribution in [3.8, 4) is 0 Å². The number of hydrogen-bond acceptors (Lipinski definition) is 5. The van der Waals surface area contributed by atoms with Crippen LogP contribution < -0.4 is 4.72 Å². The summed E-state index contributed by atoms with van der Waals surface area (Å²) in [6.07, 6.45) is 0. The zero-order chi connectivity index (χ0) is 15.3. The largest absolute Gasteiger partial charge is 0.478 e. The van der Waals surface area contributed by atoms with Crippen molar-refractivity contribution in [2.45, 2.75) is 10.9 Å². The number of carboxylic acid groups (broad SMARTS) is 1. The van der Waals surface area contributed by atoms with Crippen LogP contribution in [0.25, 0.3) is 0 Å². The van der Waals surface area contributed by atoms with Gasteiger partial charge in [-0.2, -0.15) is 0 Å². The van der Waals surface area contributed by atoms with Crippen molar-refractivity contribution in [1.82, 2.24) is 4.72 Å². The Morgan fingerprint density at radius 1 is 1.50 bits per heavy atom. The van der Waals surface area contributed by atoms with Crippen LogP contribution in [-0.2, 0) is 14.8 Å². The van der Waals surface area contributed by atoms with Crippen LogP contribution in [0, 0.1) is 5.82 Å². The number of sulfonamides is 1. The number of aliphatic hydroxyl groups is 1. The van der Waals surface area contributed by atoms with Gasteiger partial charge in [0, 0.05) is 7.11 Å². The first-order valence-electron chi connectivity index (χ1n) is 5.46. The number of hydrogen-bond donors (Lipinski definition) is 3. The average molecular weight is 307 g/mol. The van der Waals surface area contributed by atoms with Crippen molar-refractivity contribution in [3.63, 3.8) is 0 Å². The quantitative estimate of drug-likeness (QED) is 0.643.